The number of hydrogen-bond acceptors (Lipinski definition) is 3. The van der Waals surface area contributed by atoms with Crippen LogP contribution in [-0.2, 0) is 9.59 Å². The SMILES string of the molecule is N#CCNC(=O)[C@H]1CC[C@@H](C(=O)O)C1. The largest absolute Gasteiger partial charge is 0.481 e. The van der Waals surface area contributed by atoms with E-state index in [1.54, 1.807) is 0 Å². The van der Waals surface area contributed by atoms with Crippen LogP contribution in [0.3, 0.4) is 0 Å². The number of carbonyl (C=O) groups excluding carboxylic acids is 1. The van der Waals surface area contributed by atoms with Gasteiger partial charge in [0.15, 0.2) is 0 Å². The van der Waals surface area contributed by atoms with Crippen molar-refractivity contribution in [3.05, 3.63) is 0 Å². The summed E-state index contributed by atoms with van der Waals surface area (Å²) in [6.45, 7) is -0.00687. The summed E-state index contributed by atoms with van der Waals surface area (Å²) in [6.07, 6.45) is 1.56. The van der Waals surface area contributed by atoms with Crippen LogP contribution in [0.5, 0.6) is 0 Å². The van der Waals surface area contributed by atoms with E-state index in [-0.39, 0.29) is 18.4 Å². The Morgan fingerprint density at radius 3 is 2.57 bits per heavy atom. The number of rotatable bonds is 3. The predicted molar refractivity (Wildman–Crippen MR) is 47.1 cm³/mol. The molecule has 1 fully saturated rings. The van der Waals surface area contributed by atoms with E-state index in [0.29, 0.717) is 19.3 Å². The standard InChI is InChI=1S/C9H12N2O3/c10-3-4-11-8(12)6-1-2-7(5-6)9(13)14/h6-7H,1-2,4-5H2,(H,11,12)(H,13,14)/t6-,7+/m0/s1. The van der Waals surface area contributed by atoms with Gasteiger partial charge in [-0.1, -0.05) is 0 Å². The molecule has 0 spiro atoms. The van der Waals surface area contributed by atoms with Crippen molar-refractivity contribution in [2.45, 2.75) is 19.3 Å². The van der Waals surface area contributed by atoms with Crippen LogP contribution >= 0.6 is 0 Å². The van der Waals surface area contributed by atoms with Crippen molar-refractivity contribution in [3.8, 4) is 6.07 Å². The van der Waals surface area contributed by atoms with Gasteiger partial charge in [0.05, 0.1) is 12.0 Å². The van der Waals surface area contributed by atoms with Gasteiger partial charge in [-0.05, 0) is 19.3 Å². The lowest BCUT2D eigenvalue weighted by Gasteiger charge is -2.07. The molecule has 1 aliphatic carbocycles. The maximum absolute atomic E-state index is 11.3. The number of amides is 1. The number of aliphatic carboxylic acids is 1. The first kappa shape index (κ1) is 10.5. The molecular formula is C9H12N2O3. The molecule has 0 saturated heterocycles. The first-order valence-electron chi connectivity index (χ1n) is 4.52. The highest BCUT2D eigenvalue weighted by atomic mass is 16.4. The highest BCUT2D eigenvalue weighted by molar-refractivity contribution is 5.80. The van der Waals surface area contributed by atoms with Gasteiger partial charge in [0.25, 0.3) is 0 Å². The lowest BCUT2D eigenvalue weighted by atomic mass is 10.0. The van der Waals surface area contributed by atoms with Crippen LogP contribution < -0.4 is 5.32 Å². The quantitative estimate of drug-likeness (QED) is 0.627. The Morgan fingerprint density at radius 1 is 1.43 bits per heavy atom. The Kier molecular flexibility index (Phi) is 3.46. The molecule has 0 aromatic rings. The Hall–Kier alpha value is -1.57. The molecule has 0 bridgehead atoms. The fourth-order valence-electron chi connectivity index (χ4n) is 1.71. The third-order valence-electron chi connectivity index (χ3n) is 2.49. The van der Waals surface area contributed by atoms with Crippen molar-refractivity contribution >= 4 is 11.9 Å². The maximum atomic E-state index is 11.3. The Morgan fingerprint density at radius 2 is 2.07 bits per heavy atom. The van der Waals surface area contributed by atoms with E-state index < -0.39 is 11.9 Å². The van der Waals surface area contributed by atoms with Crippen LogP contribution in [0.15, 0.2) is 0 Å². The van der Waals surface area contributed by atoms with Crippen LogP contribution in [0.25, 0.3) is 0 Å². The van der Waals surface area contributed by atoms with E-state index in [2.05, 4.69) is 5.32 Å². The molecule has 1 rings (SSSR count). The molecule has 1 saturated carbocycles. The van der Waals surface area contributed by atoms with Crippen LogP contribution in [0.4, 0.5) is 0 Å². The number of hydrogen-bond donors (Lipinski definition) is 2. The van der Waals surface area contributed by atoms with E-state index in [9.17, 15) is 9.59 Å². The summed E-state index contributed by atoms with van der Waals surface area (Å²) >= 11 is 0. The zero-order valence-corrected chi connectivity index (χ0v) is 7.69. The zero-order chi connectivity index (χ0) is 10.6. The maximum Gasteiger partial charge on any atom is 0.306 e. The third kappa shape index (κ3) is 2.46. The molecule has 0 heterocycles. The summed E-state index contributed by atoms with van der Waals surface area (Å²) in [6, 6.07) is 1.81. The lowest BCUT2D eigenvalue weighted by Crippen LogP contribution is -2.29. The molecule has 0 unspecified atom stereocenters. The van der Waals surface area contributed by atoms with Crippen molar-refractivity contribution < 1.29 is 14.7 Å². The number of nitriles is 1. The monoisotopic (exact) mass is 196 g/mol. The normalized spacial score (nSPS) is 25.4. The fourth-order valence-corrected chi connectivity index (χ4v) is 1.71. The van der Waals surface area contributed by atoms with E-state index in [0.717, 1.165) is 0 Å². The smallest absolute Gasteiger partial charge is 0.306 e. The molecule has 0 aromatic heterocycles. The van der Waals surface area contributed by atoms with Crippen LogP contribution in [-0.4, -0.2) is 23.5 Å². The van der Waals surface area contributed by atoms with Gasteiger partial charge >= 0.3 is 5.97 Å². The summed E-state index contributed by atoms with van der Waals surface area (Å²) in [4.78, 5) is 21.9. The second-order valence-electron chi connectivity index (χ2n) is 3.42. The summed E-state index contributed by atoms with van der Waals surface area (Å²) in [5, 5.41) is 19.4. The zero-order valence-electron chi connectivity index (χ0n) is 7.69. The van der Waals surface area contributed by atoms with Crippen molar-refractivity contribution in [3.63, 3.8) is 0 Å². The third-order valence-corrected chi connectivity index (χ3v) is 2.49. The number of nitrogens with zero attached hydrogens (tertiary/aromatic N) is 1. The second kappa shape index (κ2) is 4.61. The van der Waals surface area contributed by atoms with E-state index in [4.69, 9.17) is 10.4 Å². The first-order chi connectivity index (χ1) is 6.65. The number of carboxylic acids is 1. The molecule has 1 amide bonds. The fraction of sp³-hybridized carbons (Fsp3) is 0.667. The molecule has 5 heteroatoms. The molecular weight excluding hydrogens is 184 g/mol. The van der Waals surface area contributed by atoms with Crippen molar-refractivity contribution in [2.75, 3.05) is 6.54 Å². The van der Waals surface area contributed by atoms with E-state index in [1.165, 1.54) is 0 Å². The average molecular weight is 196 g/mol. The van der Waals surface area contributed by atoms with Crippen LogP contribution in [0, 0.1) is 23.2 Å². The van der Waals surface area contributed by atoms with Gasteiger partial charge < -0.3 is 10.4 Å². The molecule has 14 heavy (non-hydrogen) atoms. The molecule has 2 atom stereocenters. The van der Waals surface area contributed by atoms with Gasteiger partial charge in [0, 0.05) is 5.92 Å². The predicted octanol–water partition coefficient (Wildman–Crippen LogP) is 0.127. The van der Waals surface area contributed by atoms with Crippen molar-refractivity contribution in [2.24, 2.45) is 11.8 Å². The number of nitrogens with one attached hydrogen (secondary N) is 1. The van der Waals surface area contributed by atoms with Gasteiger partial charge in [-0.2, -0.15) is 5.26 Å². The van der Waals surface area contributed by atoms with E-state index in [1.807, 2.05) is 6.07 Å². The summed E-state index contributed by atoms with van der Waals surface area (Å²) < 4.78 is 0. The molecule has 0 aliphatic heterocycles. The second-order valence-corrected chi connectivity index (χ2v) is 3.42. The highest BCUT2D eigenvalue weighted by Gasteiger charge is 2.33. The minimum atomic E-state index is -0.833. The minimum absolute atomic E-state index is 0.00687. The lowest BCUT2D eigenvalue weighted by molar-refractivity contribution is -0.141. The van der Waals surface area contributed by atoms with Gasteiger partial charge in [-0.25, -0.2) is 0 Å². The Bertz CT molecular complexity index is 282. The summed E-state index contributed by atoms with van der Waals surface area (Å²) in [7, 11) is 0. The molecule has 5 nitrogen and oxygen atoms in total. The van der Waals surface area contributed by atoms with Crippen molar-refractivity contribution in [1.29, 1.82) is 5.26 Å². The molecule has 2 N–H and O–H groups in total. The van der Waals surface area contributed by atoms with Gasteiger partial charge in [-0.15, -0.1) is 0 Å². The van der Waals surface area contributed by atoms with Gasteiger partial charge in [-0.3, -0.25) is 9.59 Å². The van der Waals surface area contributed by atoms with E-state index >= 15 is 0 Å². The molecule has 0 aromatic carbocycles. The Balaban J connectivity index is 2.38. The van der Waals surface area contributed by atoms with Gasteiger partial charge in [0.1, 0.15) is 6.54 Å². The summed E-state index contributed by atoms with van der Waals surface area (Å²) in [5.74, 6) is -1.66. The topological polar surface area (TPSA) is 90.2 Å². The van der Waals surface area contributed by atoms with Crippen LogP contribution in [0.2, 0.25) is 0 Å². The number of carbonyl (C=O) groups is 2. The van der Waals surface area contributed by atoms with Crippen LogP contribution in [0.1, 0.15) is 19.3 Å². The highest BCUT2D eigenvalue weighted by Crippen LogP contribution is 2.30. The molecule has 1 aliphatic rings. The first-order valence-corrected chi connectivity index (χ1v) is 4.52. The molecule has 76 valence electrons. The summed E-state index contributed by atoms with van der Waals surface area (Å²) in [5.41, 5.74) is 0. The number of carboxylic acid groups (broad SMARTS) is 1. The van der Waals surface area contributed by atoms with Gasteiger partial charge in [0.2, 0.25) is 5.91 Å². The average Bonchev–Trinajstić information content (AvgIpc) is 2.62. The molecule has 0 radical (unpaired) electrons. The van der Waals surface area contributed by atoms with Crippen molar-refractivity contribution in [1.82, 2.24) is 5.32 Å². The Labute approximate surface area is 81.7 Å². The minimum Gasteiger partial charge on any atom is -0.481 e.